The Kier molecular flexibility index (Phi) is 5.77. The van der Waals surface area contributed by atoms with Gasteiger partial charge in [0.2, 0.25) is 5.91 Å². The number of carbonyl (C=O) groups excluding carboxylic acids is 1. The van der Waals surface area contributed by atoms with Crippen LogP contribution in [0.25, 0.3) is 0 Å². The van der Waals surface area contributed by atoms with Gasteiger partial charge in [-0.25, -0.2) is 0 Å². The van der Waals surface area contributed by atoms with Crippen molar-refractivity contribution in [3.05, 3.63) is 0 Å². The van der Waals surface area contributed by atoms with Crippen LogP contribution in [0.2, 0.25) is 0 Å². The van der Waals surface area contributed by atoms with Crippen LogP contribution in [0.15, 0.2) is 0 Å². The first-order chi connectivity index (χ1) is 7.66. The van der Waals surface area contributed by atoms with E-state index in [2.05, 4.69) is 0 Å². The van der Waals surface area contributed by atoms with Crippen molar-refractivity contribution in [1.82, 2.24) is 4.90 Å². The number of nitrogens with two attached hydrogens (primary N) is 1. The molecule has 0 radical (unpaired) electrons. The lowest BCUT2D eigenvalue weighted by molar-refractivity contribution is -0.133. The van der Waals surface area contributed by atoms with Crippen molar-refractivity contribution in [2.75, 3.05) is 20.8 Å². The Balaban J connectivity index is 2.30. The van der Waals surface area contributed by atoms with E-state index < -0.39 is 0 Å². The van der Waals surface area contributed by atoms with Crippen molar-refractivity contribution in [3.8, 4) is 0 Å². The van der Waals surface area contributed by atoms with Gasteiger partial charge < -0.3 is 15.4 Å². The smallest absolute Gasteiger partial charge is 0.239 e. The lowest BCUT2D eigenvalue weighted by Gasteiger charge is -2.27. The molecule has 0 spiro atoms. The standard InChI is InChI=1S/C12H24N2O2/c1-14(10-6-3-4-7-10)12(15)11(13)8-5-9-16-2/h10-11H,3-9,13H2,1-2H3. The van der Waals surface area contributed by atoms with Gasteiger partial charge in [0.1, 0.15) is 0 Å². The summed E-state index contributed by atoms with van der Waals surface area (Å²) in [6.07, 6.45) is 6.30. The molecule has 1 aliphatic carbocycles. The van der Waals surface area contributed by atoms with E-state index in [1.165, 1.54) is 12.8 Å². The minimum atomic E-state index is -0.360. The van der Waals surface area contributed by atoms with Crippen molar-refractivity contribution in [3.63, 3.8) is 0 Å². The van der Waals surface area contributed by atoms with Crippen molar-refractivity contribution < 1.29 is 9.53 Å². The summed E-state index contributed by atoms with van der Waals surface area (Å²) in [7, 11) is 3.55. The summed E-state index contributed by atoms with van der Waals surface area (Å²) in [5.74, 6) is 0.0861. The predicted molar refractivity (Wildman–Crippen MR) is 64.1 cm³/mol. The number of nitrogens with zero attached hydrogens (tertiary/aromatic N) is 1. The van der Waals surface area contributed by atoms with Gasteiger partial charge in [0.05, 0.1) is 6.04 Å². The molecule has 0 aliphatic heterocycles. The highest BCUT2D eigenvalue weighted by molar-refractivity contribution is 5.81. The van der Waals surface area contributed by atoms with Crippen LogP contribution in [0.4, 0.5) is 0 Å². The number of carbonyl (C=O) groups is 1. The first kappa shape index (κ1) is 13.5. The third-order valence-corrected chi connectivity index (χ3v) is 3.40. The SMILES string of the molecule is COCCCC(N)C(=O)N(C)C1CCCC1. The second-order valence-corrected chi connectivity index (χ2v) is 4.63. The van der Waals surface area contributed by atoms with E-state index in [9.17, 15) is 4.79 Å². The van der Waals surface area contributed by atoms with Gasteiger partial charge in [-0.3, -0.25) is 4.79 Å². The van der Waals surface area contributed by atoms with Crippen LogP contribution in [0.1, 0.15) is 38.5 Å². The van der Waals surface area contributed by atoms with Gasteiger partial charge in [0.25, 0.3) is 0 Å². The molecule has 0 aromatic carbocycles. The zero-order chi connectivity index (χ0) is 12.0. The summed E-state index contributed by atoms with van der Waals surface area (Å²) in [6, 6.07) is 0.0572. The van der Waals surface area contributed by atoms with Gasteiger partial charge in [-0.15, -0.1) is 0 Å². The largest absolute Gasteiger partial charge is 0.385 e. The molecule has 0 bridgehead atoms. The van der Waals surface area contributed by atoms with E-state index in [-0.39, 0.29) is 11.9 Å². The normalized spacial score (nSPS) is 18.7. The molecule has 16 heavy (non-hydrogen) atoms. The topological polar surface area (TPSA) is 55.6 Å². The highest BCUT2D eigenvalue weighted by atomic mass is 16.5. The van der Waals surface area contributed by atoms with Gasteiger partial charge in [0.15, 0.2) is 0 Å². The Labute approximate surface area is 98.1 Å². The van der Waals surface area contributed by atoms with Crippen LogP contribution in [-0.4, -0.2) is 43.7 Å². The Morgan fingerprint density at radius 1 is 1.50 bits per heavy atom. The Morgan fingerprint density at radius 3 is 2.69 bits per heavy atom. The number of hydrogen-bond donors (Lipinski definition) is 1. The first-order valence-corrected chi connectivity index (χ1v) is 6.18. The number of amides is 1. The second kappa shape index (κ2) is 6.86. The lowest BCUT2D eigenvalue weighted by Crippen LogP contribution is -2.45. The highest BCUT2D eigenvalue weighted by Gasteiger charge is 2.26. The number of likely N-dealkylation sites (N-methyl/N-ethyl adjacent to an activating group) is 1. The quantitative estimate of drug-likeness (QED) is 0.694. The van der Waals surface area contributed by atoms with E-state index >= 15 is 0 Å². The van der Waals surface area contributed by atoms with Crippen molar-refractivity contribution >= 4 is 5.91 Å². The molecule has 1 atom stereocenters. The van der Waals surface area contributed by atoms with E-state index in [0.717, 1.165) is 19.3 Å². The molecule has 94 valence electrons. The van der Waals surface area contributed by atoms with Gasteiger partial charge in [-0.2, -0.15) is 0 Å². The molecule has 1 fully saturated rings. The number of hydrogen-bond acceptors (Lipinski definition) is 3. The highest BCUT2D eigenvalue weighted by Crippen LogP contribution is 2.22. The molecule has 0 saturated heterocycles. The Morgan fingerprint density at radius 2 is 2.12 bits per heavy atom. The minimum Gasteiger partial charge on any atom is -0.385 e. The number of methoxy groups -OCH3 is 1. The second-order valence-electron chi connectivity index (χ2n) is 4.63. The van der Waals surface area contributed by atoms with Crippen molar-refractivity contribution in [1.29, 1.82) is 0 Å². The van der Waals surface area contributed by atoms with Crippen molar-refractivity contribution in [2.45, 2.75) is 50.6 Å². The van der Waals surface area contributed by atoms with Gasteiger partial charge in [-0.05, 0) is 25.7 Å². The van der Waals surface area contributed by atoms with E-state index in [0.29, 0.717) is 19.1 Å². The Hall–Kier alpha value is -0.610. The summed E-state index contributed by atoms with van der Waals surface area (Å²) in [6.45, 7) is 0.675. The molecule has 0 aromatic rings. The fourth-order valence-corrected chi connectivity index (χ4v) is 2.30. The summed E-state index contributed by atoms with van der Waals surface area (Å²) < 4.78 is 4.95. The molecule has 4 nitrogen and oxygen atoms in total. The van der Waals surface area contributed by atoms with Crippen LogP contribution in [0.3, 0.4) is 0 Å². The molecular weight excluding hydrogens is 204 g/mol. The maximum atomic E-state index is 12.0. The summed E-state index contributed by atoms with van der Waals surface area (Å²) in [5.41, 5.74) is 5.88. The van der Waals surface area contributed by atoms with Crippen LogP contribution in [0, 0.1) is 0 Å². The van der Waals surface area contributed by atoms with E-state index in [4.69, 9.17) is 10.5 Å². The molecule has 1 unspecified atom stereocenters. The molecule has 1 saturated carbocycles. The Bertz CT molecular complexity index is 215. The van der Waals surface area contributed by atoms with Gasteiger partial charge in [-0.1, -0.05) is 12.8 Å². The monoisotopic (exact) mass is 228 g/mol. The lowest BCUT2D eigenvalue weighted by atomic mass is 10.1. The molecule has 1 amide bonds. The van der Waals surface area contributed by atoms with Crippen molar-refractivity contribution in [2.24, 2.45) is 5.73 Å². The first-order valence-electron chi connectivity index (χ1n) is 6.18. The maximum absolute atomic E-state index is 12.0. The van der Waals surface area contributed by atoms with Crippen LogP contribution in [-0.2, 0) is 9.53 Å². The number of ether oxygens (including phenoxy) is 1. The minimum absolute atomic E-state index is 0.0861. The zero-order valence-electron chi connectivity index (χ0n) is 10.4. The fraction of sp³-hybridized carbons (Fsp3) is 0.917. The van der Waals surface area contributed by atoms with Crippen LogP contribution in [0.5, 0.6) is 0 Å². The predicted octanol–water partition coefficient (Wildman–Crippen LogP) is 1.14. The van der Waals surface area contributed by atoms with E-state index in [1.54, 1.807) is 7.11 Å². The van der Waals surface area contributed by atoms with E-state index in [1.807, 2.05) is 11.9 Å². The molecule has 1 aliphatic rings. The molecule has 2 N–H and O–H groups in total. The molecule has 4 heteroatoms. The van der Waals surface area contributed by atoms with Gasteiger partial charge in [0, 0.05) is 26.8 Å². The third kappa shape index (κ3) is 3.76. The maximum Gasteiger partial charge on any atom is 0.239 e. The summed E-state index contributed by atoms with van der Waals surface area (Å²) in [4.78, 5) is 13.8. The fourth-order valence-electron chi connectivity index (χ4n) is 2.30. The third-order valence-electron chi connectivity index (χ3n) is 3.40. The van der Waals surface area contributed by atoms with Crippen LogP contribution >= 0.6 is 0 Å². The molecular formula is C12H24N2O2. The summed E-state index contributed by atoms with van der Waals surface area (Å²) >= 11 is 0. The van der Waals surface area contributed by atoms with Crippen LogP contribution < -0.4 is 5.73 Å². The molecule has 0 heterocycles. The average molecular weight is 228 g/mol. The zero-order valence-corrected chi connectivity index (χ0v) is 10.4. The molecule has 0 aromatic heterocycles. The molecule has 1 rings (SSSR count). The summed E-state index contributed by atoms with van der Waals surface area (Å²) in [5, 5.41) is 0. The number of rotatable bonds is 6. The van der Waals surface area contributed by atoms with Gasteiger partial charge >= 0.3 is 0 Å². The average Bonchev–Trinajstić information content (AvgIpc) is 2.80.